The first-order valence-corrected chi connectivity index (χ1v) is 8.35. The first-order valence-electron chi connectivity index (χ1n) is 6.53. The van der Waals surface area contributed by atoms with Crippen molar-refractivity contribution in [2.24, 2.45) is 0 Å². The Labute approximate surface area is 114 Å². The third-order valence-corrected chi connectivity index (χ3v) is 4.42. The lowest BCUT2D eigenvalue weighted by Crippen LogP contribution is -2.05. The molecular weight excluding hydrogens is 263 g/mol. The molecule has 4 nitrogen and oxygen atoms in total. The zero-order valence-electron chi connectivity index (χ0n) is 11.2. The smallest absolute Gasteiger partial charge is 0.310 e. The van der Waals surface area contributed by atoms with Gasteiger partial charge in [0.15, 0.2) is 0 Å². The van der Waals surface area contributed by atoms with E-state index < -0.39 is 13.8 Å². The molecule has 0 bridgehead atoms. The van der Waals surface area contributed by atoms with Gasteiger partial charge in [-0.3, -0.25) is 4.79 Å². The van der Waals surface area contributed by atoms with E-state index in [1.54, 1.807) is 0 Å². The minimum Gasteiger partial charge on any atom is -0.481 e. The molecule has 0 spiro atoms. The maximum Gasteiger partial charge on any atom is 0.310 e. The number of ether oxygens (including phenoxy) is 1. The van der Waals surface area contributed by atoms with Gasteiger partial charge in [-0.25, -0.2) is 0 Å². The molecule has 0 fully saturated rings. The molecule has 1 aromatic rings. The number of carbonyl (C=O) groups is 1. The lowest BCUT2D eigenvalue weighted by atomic mass is 10.1. The van der Waals surface area contributed by atoms with Crippen LogP contribution < -0.4 is 0 Å². The van der Waals surface area contributed by atoms with Crippen LogP contribution in [0.1, 0.15) is 31.4 Å². The van der Waals surface area contributed by atoms with Gasteiger partial charge in [0.2, 0.25) is 0 Å². The van der Waals surface area contributed by atoms with E-state index in [0.29, 0.717) is 12.8 Å². The summed E-state index contributed by atoms with van der Waals surface area (Å²) in [6, 6.07) is 9.92. The first-order chi connectivity index (χ1) is 9.13. The third kappa shape index (κ3) is 6.55. The number of rotatable bonds is 9. The van der Waals surface area contributed by atoms with Crippen LogP contribution in [0.3, 0.4) is 0 Å². The maximum absolute atomic E-state index is 11.5. The van der Waals surface area contributed by atoms with Crippen molar-refractivity contribution in [3.05, 3.63) is 35.9 Å². The summed E-state index contributed by atoms with van der Waals surface area (Å²) >= 11 is 0. The summed E-state index contributed by atoms with van der Waals surface area (Å²) in [5, 5.41) is 8.56. The fourth-order valence-electron chi connectivity index (χ4n) is 1.96. The van der Waals surface area contributed by atoms with Crippen LogP contribution in [0.4, 0.5) is 0 Å². The van der Waals surface area contributed by atoms with Crippen molar-refractivity contribution in [2.45, 2.75) is 25.9 Å². The van der Waals surface area contributed by atoms with Crippen LogP contribution >= 0.6 is 7.80 Å². The second kappa shape index (κ2) is 8.89. The van der Waals surface area contributed by atoms with Gasteiger partial charge < -0.3 is 14.4 Å². The van der Waals surface area contributed by atoms with Crippen LogP contribution in [-0.2, 0) is 14.1 Å². The summed E-state index contributed by atoms with van der Waals surface area (Å²) in [5.74, 6) is -0.978. The van der Waals surface area contributed by atoms with E-state index in [4.69, 9.17) is 9.84 Å². The molecule has 19 heavy (non-hydrogen) atoms. The highest BCUT2D eigenvalue weighted by Gasteiger charge is 2.12. The van der Waals surface area contributed by atoms with Crippen molar-refractivity contribution >= 4 is 13.8 Å². The van der Waals surface area contributed by atoms with Crippen LogP contribution in [0.25, 0.3) is 0 Å². The van der Waals surface area contributed by atoms with Crippen molar-refractivity contribution in [3.8, 4) is 0 Å². The highest BCUT2D eigenvalue weighted by atomic mass is 31.1. The average molecular weight is 284 g/mol. The van der Waals surface area contributed by atoms with E-state index >= 15 is 0 Å². The molecule has 2 unspecified atom stereocenters. The molecule has 2 atom stereocenters. The van der Waals surface area contributed by atoms with Gasteiger partial charge in [0, 0.05) is 6.61 Å². The molecule has 0 aliphatic rings. The quantitative estimate of drug-likeness (QED) is 0.707. The summed E-state index contributed by atoms with van der Waals surface area (Å²) < 4.78 is 17.2. The topological polar surface area (TPSA) is 63.6 Å². The summed E-state index contributed by atoms with van der Waals surface area (Å²) in [7, 11) is -1.99. The molecular formula is C14H21O4P. The predicted octanol–water partition coefficient (Wildman–Crippen LogP) is 3.19. The fraction of sp³-hybridized carbons (Fsp3) is 0.500. The number of carboxylic acid groups (broad SMARTS) is 1. The zero-order valence-corrected chi connectivity index (χ0v) is 12.2. The molecule has 0 radical (unpaired) electrons. The van der Waals surface area contributed by atoms with Gasteiger partial charge in [-0.15, -0.1) is 0 Å². The minimum atomic E-state index is -1.99. The van der Waals surface area contributed by atoms with Gasteiger partial charge in [-0.05, 0) is 31.5 Å². The molecule has 0 heterocycles. The Kier molecular flexibility index (Phi) is 7.46. The zero-order chi connectivity index (χ0) is 14.1. The van der Waals surface area contributed by atoms with Crippen LogP contribution in [0.5, 0.6) is 0 Å². The van der Waals surface area contributed by atoms with Gasteiger partial charge in [0.1, 0.15) is 0 Å². The monoisotopic (exact) mass is 284 g/mol. The summed E-state index contributed by atoms with van der Waals surface area (Å²) in [6.07, 6.45) is 1.78. The normalized spacial score (nSPS) is 13.9. The molecule has 0 saturated heterocycles. The Morgan fingerprint density at radius 2 is 2.05 bits per heavy atom. The van der Waals surface area contributed by atoms with E-state index in [1.807, 2.05) is 37.3 Å². The van der Waals surface area contributed by atoms with Gasteiger partial charge in [0.25, 0.3) is 0 Å². The van der Waals surface area contributed by atoms with Gasteiger partial charge in [-0.1, -0.05) is 30.3 Å². The highest BCUT2D eigenvalue weighted by molar-refractivity contribution is 7.45. The molecule has 0 aromatic heterocycles. The second-order valence-corrected chi connectivity index (χ2v) is 6.29. The number of aliphatic carboxylic acids is 1. The first kappa shape index (κ1) is 15.9. The third-order valence-electron chi connectivity index (χ3n) is 2.81. The van der Waals surface area contributed by atoms with Gasteiger partial charge >= 0.3 is 5.97 Å². The summed E-state index contributed by atoms with van der Waals surface area (Å²) in [5.41, 5.74) is 1.11. The number of benzene rings is 1. The minimum absolute atomic E-state index is 0.00540. The Hall–Kier alpha value is -1.12. The fourth-order valence-corrected chi connectivity index (χ4v) is 3.07. The summed E-state index contributed by atoms with van der Waals surface area (Å²) in [4.78, 5) is 10.4. The lowest BCUT2D eigenvalue weighted by molar-refractivity contribution is -0.134. The molecule has 0 saturated carbocycles. The number of hydrogen-bond acceptors (Lipinski definition) is 3. The SMILES string of the molecule is CCOC(CCC[PH](=O)CC(=O)O)c1ccccc1. The molecule has 1 N–H and O–H groups in total. The van der Waals surface area contributed by atoms with E-state index in [-0.39, 0.29) is 12.3 Å². The molecule has 0 aliphatic carbocycles. The van der Waals surface area contributed by atoms with Crippen LogP contribution in [0, 0.1) is 0 Å². The second-order valence-electron chi connectivity index (χ2n) is 4.36. The molecule has 1 aromatic carbocycles. The van der Waals surface area contributed by atoms with Crippen molar-refractivity contribution in [2.75, 3.05) is 18.9 Å². The maximum atomic E-state index is 11.5. The van der Waals surface area contributed by atoms with Crippen LogP contribution in [-0.4, -0.2) is 30.0 Å². The average Bonchev–Trinajstić information content (AvgIpc) is 2.38. The van der Waals surface area contributed by atoms with Gasteiger partial charge in [-0.2, -0.15) is 0 Å². The lowest BCUT2D eigenvalue weighted by Gasteiger charge is -2.17. The molecule has 1 rings (SSSR count). The molecule has 5 heteroatoms. The van der Waals surface area contributed by atoms with Crippen LogP contribution in [0.2, 0.25) is 0 Å². The Morgan fingerprint density at radius 3 is 2.63 bits per heavy atom. The van der Waals surface area contributed by atoms with Crippen molar-refractivity contribution in [3.63, 3.8) is 0 Å². The molecule has 0 aliphatic heterocycles. The van der Waals surface area contributed by atoms with Crippen molar-refractivity contribution in [1.82, 2.24) is 0 Å². The number of carboxylic acids is 1. The van der Waals surface area contributed by atoms with E-state index in [1.165, 1.54) is 0 Å². The van der Waals surface area contributed by atoms with E-state index in [9.17, 15) is 9.36 Å². The standard InChI is InChI=1S/C14H21O4P/c1-2-18-13(12-7-4-3-5-8-12)9-6-10-19(17)11-14(15)16/h3-5,7-8,13,19H,2,6,9-11H2,1H3,(H,15,16). The van der Waals surface area contributed by atoms with Crippen LogP contribution in [0.15, 0.2) is 30.3 Å². The summed E-state index contributed by atoms with van der Waals surface area (Å²) in [6.45, 7) is 2.58. The highest BCUT2D eigenvalue weighted by Crippen LogP contribution is 2.27. The van der Waals surface area contributed by atoms with Gasteiger partial charge in [0.05, 0.1) is 20.1 Å². The Morgan fingerprint density at radius 1 is 1.37 bits per heavy atom. The Balaban J connectivity index is 2.43. The largest absolute Gasteiger partial charge is 0.481 e. The van der Waals surface area contributed by atoms with Crippen molar-refractivity contribution in [1.29, 1.82) is 0 Å². The predicted molar refractivity (Wildman–Crippen MR) is 76.4 cm³/mol. The van der Waals surface area contributed by atoms with Crippen molar-refractivity contribution < 1.29 is 19.2 Å². The molecule has 0 amide bonds. The Bertz CT molecular complexity index is 405. The van der Waals surface area contributed by atoms with E-state index in [0.717, 1.165) is 18.4 Å². The number of hydrogen-bond donors (Lipinski definition) is 1. The van der Waals surface area contributed by atoms with E-state index in [2.05, 4.69) is 0 Å². The molecule has 106 valence electrons.